The van der Waals surface area contributed by atoms with E-state index in [1.54, 1.807) is 12.1 Å². The van der Waals surface area contributed by atoms with E-state index in [0.717, 1.165) is 41.5 Å². The van der Waals surface area contributed by atoms with Gasteiger partial charge in [-0.05, 0) is 76.3 Å². The van der Waals surface area contributed by atoms with Crippen LogP contribution in [0.5, 0.6) is 0 Å². The van der Waals surface area contributed by atoms with Gasteiger partial charge in [0.25, 0.3) is 0 Å². The Balaban J connectivity index is 1.30. The average Bonchev–Trinajstić information content (AvgIpc) is 3.05. The molecular weight excluding hydrogens is 530 g/mol. The normalized spacial score (nSPS) is 15.8. The van der Waals surface area contributed by atoms with E-state index in [0.29, 0.717) is 18.9 Å². The lowest BCUT2D eigenvalue weighted by Gasteiger charge is -2.42. The van der Waals surface area contributed by atoms with Crippen LogP contribution >= 0.6 is 0 Å². The summed E-state index contributed by atoms with van der Waals surface area (Å²) in [4.78, 5) is 27.7. The second-order valence-electron chi connectivity index (χ2n) is 11.4. The summed E-state index contributed by atoms with van der Waals surface area (Å²) < 4.78 is 0. The molecule has 2 unspecified atom stereocenters. The molecule has 1 N–H and O–H groups in total. The van der Waals surface area contributed by atoms with Crippen molar-refractivity contribution in [1.82, 2.24) is 4.90 Å². The quantitative estimate of drug-likeness (QED) is 0.196. The topological polar surface area (TPSA) is 57.6 Å². The fourth-order valence-corrected chi connectivity index (χ4v) is 6.37. The van der Waals surface area contributed by atoms with E-state index >= 15 is 0 Å². The number of carbonyl (C=O) groups excluding carboxylic acids is 1. The molecule has 0 saturated heterocycles. The Morgan fingerprint density at radius 1 is 0.651 bits per heavy atom. The number of carboxylic acid groups (broad SMARTS) is 1. The Morgan fingerprint density at radius 2 is 1.23 bits per heavy atom. The number of carbonyl (C=O) groups is 2. The van der Waals surface area contributed by atoms with Crippen LogP contribution in [0.25, 0.3) is 11.1 Å². The molecule has 4 nitrogen and oxygen atoms in total. The van der Waals surface area contributed by atoms with Gasteiger partial charge in [-0.15, -0.1) is 0 Å². The van der Waals surface area contributed by atoms with E-state index in [1.807, 2.05) is 54.6 Å². The highest BCUT2D eigenvalue weighted by Crippen LogP contribution is 2.41. The van der Waals surface area contributed by atoms with Gasteiger partial charge in [0.05, 0.1) is 18.0 Å². The highest BCUT2D eigenvalue weighted by molar-refractivity contribution is 5.88. The summed E-state index contributed by atoms with van der Waals surface area (Å²) in [6.45, 7) is 0.554. The first-order chi connectivity index (χ1) is 21.0. The third-order valence-electron chi connectivity index (χ3n) is 8.57. The Bertz CT molecular complexity index is 1680. The second kappa shape index (κ2) is 12.9. The molecule has 214 valence electrons. The van der Waals surface area contributed by atoms with Crippen molar-refractivity contribution in [2.24, 2.45) is 5.92 Å². The highest BCUT2D eigenvalue weighted by Gasteiger charge is 2.36. The van der Waals surface area contributed by atoms with Crippen molar-refractivity contribution in [2.45, 2.75) is 38.3 Å². The largest absolute Gasteiger partial charge is 0.478 e. The van der Waals surface area contributed by atoms with Crippen LogP contribution in [-0.4, -0.2) is 21.9 Å². The molecule has 0 aliphatic heterocycles. The number of hydrogen-bond acceptors (Lipinski definition) is 2. The van der Waals surface area contributed by atoms with Crippen LogP contribution in [0.3, 0.4) is 0 Å². The smallest absolute Gasteiger partial charge is 0.335 e. The summed E-state index contributed by atoms with van der Waals surface area (Å²) in [6.07, 6.45) is 3.28. The van der Waals surface area contributed by atoms with Crippen LogP contribution in [0, 0.1) is 5.92 Å². The molecule has 0 aromatic heterocycles. The minimum Gasteiger partial charge on any atom is -0.478 e. The minimum atomic E-state index is -0.938. The van der Waals surface area contributed by atoms with Crippen molar-refractivity contribution in [3.8, 4) is 11.1 Å². The number of fused-ring (bicyclic) bond motifs is 1. The summed E-state index contributed by atoms with van der Waals surface area (Å²) >= 11 is 0. The molecule has 43 heavy (non-hydrogen) atoms. The first kappa shape index (κ1) is 28.2. The first-order valence-electron chi connectivity index (χ1n) is 14.9. The Kier molecular flexibility index (Phi) is 8.46. The zero-order valence-electron chi connectivity index (χ0n) is 24.1. The highest BCUT2D eigenvalue weighted by atomic mass is 16.4. The summed E-state index contributed by atoms with van der Waals surface area (Å²) in [5, 5.41) is 9.21. The molecule has 1 aliphatic carbocycles. The predicted molar refractivity (Wildman–Crippen MR) is 171 cm³/mol. The molecule has 1 amide bonds. The molecule has 0 bridgehead atoms. The number of nitrogens with zero attached hydrogens (tertiary/aromatic N) is 1. The molecule has 5 aromatic carbocycles. The molecule has 0 fully saturated rings. The summed E-state index contributed by atoms with van der Waals surface area (Å²) in [7, 11) is 0. The molecule has 0 heterocycles. The van der Waals surface area contributed by atoms with Gasteiger partial charge in [0.1, 0.15) is 0 Å². The van der Waals surface area contributed by atoms with Gasteiger partial charge in [0.15, 0.2) is 0 Å². The van der Waals surface area contributed by atoms with E-state index < -0.39 is 5.97 Å². The third kappa shape index (κ3) is 6.60. The molecule has 0 radical (unpaired) electrons. The Morgan fingerprint density at radius 3 is 1.88 bits per heavy atom. The summed E-state index contributed by atoms with van der Waals surface area (Å²) in [5.41, 5.74) is 8.17. The SMILES string of the molecule is O=C(O)c1ccc(-c2ccc(CC(=O)N(Cc3ccccc3)C3c4ccccc4CCC3Cc3ccccc3)cc2)cc1. The standard InChI is InChI=1S/C39H35NO3/c41-37(26-29-15-17-31(18-16-29)32-19-22-34(23-20-32)39(42)43)40(27-30-11-5-2-6-12-30)38-35(25-28-9-3-1-4-10-28)24-21-33-13-7-8-14-36(33)38/h1-20,22-23,35,38H,21,24-27H2,(H,42,43). The molecule has 1 aliphatic rings. The van der Waals surface area contributed by atoms with E-state index in [9.17, 15) is 14.7 Å². The Labute approximate surface area is 253 Å². The zero-order valence-corrected chi connectivity index (χ0v) is 24.1. The number of carboxylic acids is 1. The summed E-state index contributed by atoms with van der Waals surface area (Å²) in [5.74, 6) is -0.518. The number of benzene rings is 5. The van der Waals surface area contributed by atoms with Gasteiger partial charge in [-0.2, -0.15) is 0 Å². The van der Waals surface area contributed by atoms with Crippen LogP contribution in [0.2, 0.25) is 0 Å². The maximum absolute atomic E-state index is 14.4. The fraction of sp³-hybridized carbons (Fsp3) is 0.179. The van der Waals surface area contributed by atoms with Crippen LogP contribution in [-0.2, 0) is 30.6 Å². The van der Waals surface area contributed by atoms with Gasteiger partial charge in [-0.25, -0.2) is 4.79 Å². The number of amides is 1. The number of hydrogen-bond donors (Lipinski definition) is 1. The second-order valence-corrected chi connectivity index (χ2v) is 11.4. The van der Waals surface area contributed by atoms with Crippen molar-refractivity contribution in [1.29, 1.82) is 0 Å². The monoisotopic (exact) mass is 565 g/mol. The lowest BCUT2D eigenvalue weighted by molar-refractivity contribution is -0.135. The average molecular weight is 566 g/mol. The third-order valence-corrected chi connectivity index (χ3v) is 8.57. The minimum absolute atomic E-state index is 0.0233. The van der Waals surface area contributed by atoms with E-state index in [4.69, 9.17) is 0 Å². The lowest BCUT2D eigenvalue weighted by atomic mass is 9.76. The Hall–Kier alpha value is -4.96. The molecule has 6 rings (SSSR count). The van der Waals surface area contributed by atoms with Crippen molar-refractivity contribution >= 4 is 11.9 Å². The van der Waals surface area contributed by atoms with Gasteiger partial charge in [-0.3, -0.25) is 4.79 Å². The molecular formula is C39H35NO3. The van der Waals surface area contributed by atoms with Gasteiger partial charge in [0, 0.05) is 6.54 Å². The van der Waals surface area contributed by atoms with Crippen LogP contribution in [0.1, 0.15) is 50.6 Å². The predicted octanol–water partition coefficient (Wildman–Crippen LogP) is 8.17. The van der Waals surface area contributed by atoms with E-state index in [2.05, 4.69) is 71.6 Å². The number of aryl methyl sites for hydroxylation is 1. The van der Waals surface area contributed by atoms with E-state index in [-0.39, 0.29) is 17.5 Å². The zero-order chi connectivity index (χ0) is 29.6. The van der Waals surface area contributed by atoms with E-state index in [1.165, 1.54) is 16.7 Å². The molecule has 4 heteroatoms. The number of aromatic carboxylic acids is 1. The van der Waals surface area contributed by atoms with Crippen LogP contribution in [0.15, 0.2) is 133 Å². The summed E-state index contributed by atoms with van der Waals surface area (Å²) in [6, 6.07) is 44.4. The maximum atomic E-state index is 14.4. The molecule has 0 spiro atoms. The molecule has 5 aromatic rings. The van der Waals surface area contributed by atoms with Crippen molar-refractivity contribution in [3.63, 3.8) is 0 Å². The first-order valence-corrected chi connectivity index (χ1v) is 14.9. The van der Waals surface area contributed by atoms with Gasteiger partial charge >= 0.3 is 5.97 Å². The molecule has 2 atom stereocenters. The van der Waals surface area contributed by atoms with Crippen molar-refractivity contribution < 1.29 is 14.7 Å². The van der Waals surface area contributed by atoms with Gasteiger partial charge < -0.3 is 10.0 Å². The lowest BCUT2D eigenvalue weighted by Crippen LogP contribution is -2.41. The van der Waals surface area contributed by atoms with Crippen molar-refractivity contribution in [3.05, 3.63) is 167 Å². The molecule has 0 saturated carbocycles. The van der Waals surface area contributed by atoms with Gasteiger partial charge in [-0.1, -0.05) is 121 Å². The number of rotatable bonds is 9. The maximum Gasteiger partial charge on any atom is 0.335 e. The van der Waals surface area contributed by atoms with Crippen molar-refractivity contribution in [2.75, 3.05) is 0 Å². The van der Waals surface area contributed by atoms with Gasteiger partial charge in [0.2, 0.25) is 5.91 Å². The fourth-order valence-electron chi connectivity index (χ4n) is 6.37. The van der Waals surface area contributed by atoms with Crippen LogP contribution in [0.4, 0.5) is 0 Å². The van der Waals surface area contributed by atoms with Crippen LogP contribution < -0.4 is 0 Å².